The molecule has 0 fully saturated rings. The molecule has 0 amide bonds. The van der Waals surface area contributed by atoms with Crippen molar-refractivity contribution in [3.63, 3.8) is 0 Å². The van der Waals surface area contributed by atoms with E-state index in [0.717, 1.165) is 10.6 Å². The largest absolute Gasteiger partial charge is 0.486 e. The summed E-state index contributed by atoms with van der Waals surface area (Å²) in [4.78, 5) is 0. The molecule has 1 atom stereocenters. The van der Waals surface area contributed by atoms with Gasteiger partial charge in [-0.05, 0) is 38.1 Å². The Morgan fingerprint density at radius 2 is 1.56 bits per heavy atom. The Hall–Kier alpha value is -1.66. The Balaban J connectivity index is 2.36. The lowest BCUT2D eigenvalue weighted by Gasteiger charge is -2.09. The summed E-state index contributed by atoms with van der Waals surface area (Å²) < 4.78 is 18.2. The lowest BCUT2D eigenvalue weighted by Crippen LogP contribution is -2.14. The summed E-state index contributed by atoms with van der Waals surface area (Å²) in [6, 6.07) is 17.0. The SMILES string of the molecule is CC(C)Oc1ccccc1[P+](=O)c1ccccc1. The van der Waals surface area contributed by atoms with Crippen molar-refractivity contribution in [1.82, 2.24) is 0 Å². The van der Waals surface area contributed by atoms with Crippen molar-refractivity contribution in [2.75, 3.05) is 0 Å². The Morgan fingerprint density at radius 3 is 2.22 bits per heavy atom. The second-order valence-corrected chi connectivity index (χ2v) is 5.85. The highest BCUT2D eigenvalue weighted by Gasteiger charge is 2.27. The van der Waals surface area contributed by atoms with Crippen LogP contribution in [0.15, 0.2) is 54.6 Å². The van der Waals surface area contributed by atoms with Crippen molar-refractivity contribution in [3.8, 4) is 5.75 Å². The molecule has 0 saturated carbocycles. The van der Waals surface area contributed by atoms with Gasteiger partial charge in [0.15, 0.2) is 11.1 Å². The van der Waals surface area contributed by atoms with Gasteiger partial charge in [0, 0.05) is 0 Å². The van der Waals surface area contributed by atoms with Gasteiger partial charge in [-0.2, -0.15) is 0 Å². The number of hydrogen-bond acceptors (Lipinski definition) is 2. The maximum Gasteiger partial charge on any atom is 0.419 e. The van der Waals surface area contributed by atoms with Gasteiger partial charge >= 0.3 is 7.80 Å². The molecule has 0 bridgehead atoms. The van der Waals surface area contributed by atoms with Crippen molar-refractivity contribution in [1.29, 1.82) is 0 Å². The van der Waals surface area contributed by atoms with E-state index in [0.29, 0.717) is 5.75 Å². The van der Waals surface area contributed by atoms with E-state index in [9.17, 15) is 4.57 Å². The van der Waals surface area contributed by atoms with Crippen LogP contribution < -0.4 is 15.3 Å². The Bertz CT molecular complexity index is 535. The predicted molar refractivity (Wildman–Crippen MR) is 75.5 cm³/mol. The first-order chi connectivity index (χ1) is 8.68. The summed E-state index contributed by atoms with van der Waals surface area (Å²) in [5.41, 5.74) is 0. The molecular formula is C15H16O2P+. The van der Waals surface area contributed by atoms with Gasteiger partial charge in [0.1, 0.15) is 0 Å². The van der Waals surface area contributed by atoms with Crippen LogP contribution in [0.1, 0.15) is 13.8 Å². The Morgan fingerprint density at radius 1 is 0.944 bits per heavy atom. The zero-order valence-electron chi connectivity index (χ0n) is 10.5. The molecule has 0 aliphatic heterocycles. The molecule has 2 rings (SSSR count). The molecule has 0 aromatic heterocycles. The molecule has 3 heteroatoms. The van der Waals surface area contributed by atoms with Crippen molar-refractivity contribution in [2.24, 2.45) is 0 Å². The molecule has 0 saturated heterocycles. The fraction of sp³-hybridized carbons (Fsp3) is 0.200. The smallest absolute Gasteiger partial charge is 0.419 e. The first kappa shape index (κ1) is 12.8. The predicted octanol–water partition coefficient (Wildman–Crippen LogP) is 3.25. The van der Waals surface area contributed by atoms with Crippen LogP contribution in [0.25, 0.3) is 0 Å². The topological polar surface area (TPSA) is 26.3 Å². The summed E-state index contributed by atoms with van der Waals surface area (Å²) in [5.74, 6) is 0.706. The molecule has 0 aliphatic rings. The van der Waals surface area contributed by atoms with Crippen LogP contribution in [0.4, 0.5) is 0 Å². The van der Waals surface area contributed by atoms with Crippen molar-refractivity contribution < 1.29 is 9.30 Å². The first-order valence-electron chi connectivity index (χ1n) is 5.96. The zero-order valence-corrected chi connectivity index (χ0v) is 11.4. The molecule has 18 heavy (non-hydrogen) atoms. The van der Waals surface area contributed by atoms with Crippen LogP contribution >= 0.6 is 7.80 Å². The van der Waals surface area contributed by atoms with Crippen molar-refractivity contribution in [3.05, 3.63) is 54.6 Å². The minimum absolute atomic E-state index is 0.0744. The fourth-order valence-electron chi connectivity index (χ4n) is 1.68. The molecule has 2 nitrogen and oxygen atoms in total. The monoisotopic (exact) mass is 259 g/mol. The van der Waals surface area contributed by atoms with E-state index in [1.807, 2.05) is 68.4 Å². The second kappa shape index (κ2) is 5.79. The van der Waals surface area contributed by atoms with Crippen LogP contribution in [0.3, 0.4) is 0 Å². The van der Waals surface area contributed by atoms with E-state index in [1.54, 1.807) is 0 Å². The standard InChI is InChI=1S/C15H16O2P/c1-12(2)17-14-10-6-7-11-15(14)18(16)13-8-4-3-5-9-13/h3-12H,1-2H3/q+1. The number of rotatable bonds is 4. The van der Waals surface area contributed by atoms with Gasteiger partial charge < -0.3 is 4.74 Å². The lowest BCUT2D eigenvalue weighted by atomic mass is 10.3. The molecule has 92 valence electrons. The molecule has 1 unspecified atom stereocenters. The quantitative estimate of drug-likeness (QED) is 0.788. The van der Waals surface area contributed by atoms with E-state index in [1.165, 1.54) is 0 Å². The summed E-state index contributed by atoms with van der Waals surface area (Å²) in [6.07, 6.45) is 0.0744. The van der Waals surface area contributed by atoms with Crippen LogP contribution in [0.2, 0.25) is 0 Å². The third kappa shape index (κ3) is 2.96. The summed E-state index contributed by atoms with van der Waals surface area (Å²) >= 11 is 0. The minimum Gasteiger partial charge on any atom is -0.486 e. The first-order valence-corrected chi connectivity index (χ1v) is 7.22. The highest BCUT2D eigenvalue weighted by Crippen LogP contribution is 2.25. The highest BCUT2D eigenvalue weighted by atomic mass is 31.1. The average molecular weight is 259 g/mol. The molecule has 2 aromatic rings. The fourth-order valence-corrected chi connectivity index (χ4v) is 2.95. The zero-order chi connectivity index (χ0) is 13.0. The molecule has 0 aliphatic carbocycles. The number of ether oxygens (including phenoxy) is 1. The maximum atomic E-state index is 12.5. The van der Waals surface area contributed by atoms with E-state index >= 15 is 0 Å². The lowest BCUT2D eigenvalue weighted by molar-refractivity contribution is 0.244. The van der Waals surface area contributed by atoms with Crippen LogP contribution in [-0.2, 0) is 4.57 Å². The van der Waals surface area contributed by atoms with E-state index in [4.69, 9.17) is 4.74 Å². The molecule has 0 radical (unpaired) electrons. The number of para-hydroxylation sites is 1. The summed E-state index contributed by atoms with van der Waals surface area (Å²) in [5, 5.41) is 1.58. The van der Waals surface area contributed by atoms with Crippen molar-refractivity contribution >= 4 is 18.4 Å². The van der Waals surface area contributed by atoms with Crippen LogP contribution in [0.5, 0.6) is 5.75 Å². The van der Waals surface area contributed by atoms with E-state index < -0.39 is 7.80 Å². The normalized spacial score (nSPS) is 11.4. The van der Waals surface area contributed by atoms with Gasteiger partial charge in [-0.3, -0.25) is 0 Å². The molecule has 0 heterocycles. The van der Waals surface area contributed by atoms with Crippen LogP contribution in [0, 0.1) is 0 Å². The second-order valence-electron chi connectivity index (χ2n) is 4.26. The van der Waals surface area contributed by atoms with E-state index in [2.05, 4.69) is 0 Å². The van der Waals surface area contributed by atoms with Crippen molar-refractivity contribution in [2.45, 2.75) is 20.0 Å². The Kier molecular flexibility index (Phi) is 4.11. The molecule has 0 spiro atoms. The maximum absolute atomic E-state index is 12.5. The minimum atomic E-state index is -1.60. The van der Waals surface area contributed by atoms with Gasteiger partial charge in [-0.25, -0.2) is 0 Å². The van der Waals surface area contributed by atoms with Gasteiger partial charge in [0.25, 0.3) is 0 Å². The van der Waals surface area contributed by atoms with Crippen LogP contribution in [-0.4, -0.2) is 6.10 Å². The molecule has 0 N–H and O–H groups in total. The third-order valence-electron chi connectivity index (χ3n) is 2.44. The van der Waals surface area contributed by atoms with Gasteiger partial charge in [-0.15, -0.1) is 0 Å². The van der Waals surface area contributed by atoms with Gasteiger partial charge in [0.05, 0.1) is 6.10 Å². The molecule has 2 aromatic carbocycles. The number of hydrogen-bond donors (Lipinski definition) is 0. The summed E-state index contributed by atoms with van der Waals surface area (Å²) in [7, 11) is -1.60. The summed E-state index contributed by atoms with van der Waals surface area (Å²) in [6.45, 7) is 3.93. The highest BCUT2D eigenvalue weighted by molar-refractivity contribution is 7.61. The van der Waals surface area contributed by atoms with Gasteiger partial charge in [0.2, 0.25) is 5.30 Å². The number of benzene rings is 2. The van der Waals surface area contributed by atoms with E-state index in [-0.39, 0.29) is 6.10 Å². The average Bonchev–Trinajstić information content (AvgIpc) is 2.39. The third-order valence-corrected chi connectivity index (χ3v) is 4.01. The molecular weight excluding hydrogens is 243 g/mol. The van der Waals surface area contributed by atoms with Gasteiger partial charge in [-0.1, -0.05) is 34.9 Å². The Labute approximate surface area is 108 Å².